The normalized spacial score (nSPS) is 12.2. The van der Waals surface area contributed by atoms with Crippen LogP contribution in [0.25, 0.3) is 0 Å². The molecule has 1 atom stereocenters. The Morgan fingerprint density at radius 2 is 1.68 bits per heavy atom. The summed E-state index contributed by atoms with van der Waals surface area (Å²) in [4.78, 5) is 16.5. The molecule has 6 nitrogen and oxygen atoms in total. The van der Waals surface area contributed by atoms with Crippen LogP contribution in [0.15, 0.2) is 77.8 Å². The van der Waals surface area contributed by atoms with Crippen LogP contribution in [0.4, 0.5) is 10.1 Å². The molecule has 0 aliphatic heterocycles. The fourth-order valence-electron chi connectivity index (χ4n) is 2.50. The SMILES string of the molecule is CC(NC(=O)c1ccc(NS(=O)(=O)c2ccc(F)cc2)cc1)c1ccccn1. The average molecular weight is 399 g/mol. The Morgan fingerprint density at radius 1 is 1.00 bits per heavy atom. The summed E-state index contributed by atoms with van der Waals surface area (Å²) in [5, 5.41) is 2.84. The van der Waals surface area contributed by atoms with Crippen molar-refractivity contribution >= 4 is 21.6 Å². The van der Waals surface area contributed by atoms with E-state index in [2.05, 4.69) is 15.0 Å². The molecule has 28 heavy (non-hydrogen) atoms. The van der Waals surface area contributed by atoms with Gasteiger partial charge in [0.15, 0.2) is 0 Å². The van der Waals surface area contributed by atoms with Gasteiger partial charge in [0.1, 0.15) is 5.82 Å². The minimum atomic E-state index is -3.84. The van der Waals surface area contributed by atoms with Gasteiger partial charge in [0.25, 0.3) is 15.9 Å². The Kier molecular flexibility index (Phi) is 5.70. The predicted octanol–water partition coefficient (Wildman–Crippen LogP) is 3.51. The van der Waals surface area contributed by atoms with Gasteiger partial charge in [0, 0.05) is 17.4 Å². The molecule has 0 bridgehead atoms. The molecule has 0 fully saturated rings. The molecule has 3 rings (SSSR count). The molecule has 0 spiro atoms. The summed E-state index contributed by atoms with van der Waals surface area (Å²) in [7, 11) is -3.84. The molecule has 0 saturated heterocycles. The molecule has 1 aromatic heterocycles. The Morgan fingerprint density at radius 3 is 2.29 bits per heavy atom. The molecule has 0 aliphatic rings. The van der Waals surface area contributed by atoms with Crippen LogP contribution in [-0.4, -0.2) is 19.3 Å². The third-order valence-corrected chi connectivity index (χ3v) is 5.40. The molecular formula is C20H18FN3O3S. The highest BCUT2D eigenvalue weighted by Gasteiger charge is 2.15. The minimum Gasteiger partial charge on any atom is -0.344 e. The smallest absolute Gasteiger partial charge is 0.261 e. The summed E-state index contributed by atoms with van der Waals surface area (Å²) in [6, 6.07) is 15.7. The number of rotatable bonds is 6. The molecule has 144 valence electrons. The maximum atomic E-state index is 13.0. The molecular weight excluding hydrogens is 381 g/mol. The zero-order valence-corrected chi connectivity index (χ0v) is 15.8. The standard InChI is InChI=1S/C20H18FN3O3S/c1-14(19-4-2-3-13-22-19)23-20(25)15-5-9-17(10-6-15)24-28(26,27)18-11-7-16(21)8-12-18/h2-14,24H,1H3,(H,23,25). The molecule has 1 heterocycles. The van der Waals surface area contributed by atoms with Gasteiger partial charge < -0.3 is 5.32 Å². The van der Waals surface area contributed by atoms with Crippen molar-refractivity contribution in [3.05, 3.63) is 90.0 Å². The van der Waals surface area contributed by atoms with E-state index in [0.29, 0.717) is 11.3 Å². The molecule has 1 unspecified atom stereocenters. The van der Waals surface area contributed by atoms with Gasteiger partial charge in [0.05, 0.1) is 16.6 Å². The molecule has 1 amide bonds. The topological polar surface area (TPSA) is 88.2 Å². The van der Waals surface area contributed by atoms with E-state index in [1.165, 1.54) is 36.4 Å². The van der Waals surface area contributed by atoms with E-state index in [1.54, 1.807) is 12.3 Å². The second-order valence-corrected chi connectivity index (χ2v) is 7.77. The first kappa shape index (κ1) is 19.5. The van der Waals surface area contributed by atoms with Crippen molar-refractivity contribution in [3.63, 3.8) is 0 Å². The molecule has 3 aromatic rings. The van der Waals surface area contributed by atoms with Gasteiger partial charge in [-0.2, -0.15) is 0 Å². The number of nitrogens with zero attached hydrogens (tertiary/aromatic N) is 1. The number of benzene rings is 2. The van der Waals surface area contributed by atoms with E-state index in [1.807, 2.05) is 19.1 Å². The summed E-state index contributed by atoms with van der Waals surface area (Å²) in [6.45, 7) is 1.82. The number of aromatic nitrogens is 1. The first-order valence-corrected chi connectivity index (χ1v) is 9.94. The summed E-state index contributed by atoms with van der Waals surface area (Å²) >= 11 is 0. The van der Waals surface area contributed by atoms with Crippen molar-refractivity contribution in [1.29, 1.82) is 0 Å². The van der Waals surface area contributed by atoms with Crippen LogP contribution in [0.2, 0.25) is 0 Å². The Bertz CT molecular complexity index is 1050. The lowest BCUT2D eigenvalue weighted by atomic mass is 10.1. The molecule has 0 radical (unpaired) electrons. The number of sulfonamides is 1. The minimum absolute atomic E-state index is 0.0556. The summed E-state index contributed by atoms with van der Waals surface area (Å²) in [6.07, 6.45) is 1.65. The zero-order valence-electron chi connectivity index (χ0n) is 15.0. The third-order valence-electron chi connectivity index (χ3n) is 4.00. The van der Waals surface area contributed by atoms with Gasteiger partial charge >= 0.3 is 0 Å². The second-order valence-electron chi connectivity index (χ2n) is 6.09. The van der Waals surface area contributed by atoms with E-state index in [4.69, 9.17) is 0 Å². The van der Waals surface area contributed by atoms with E-state index in [9.17, 15) is 17.6 Å². The van der Waals surface area contributed by atoms with Crippen LogP contribution >= 0.6 is 0 Å². The van der Waals surface area contributed by atoms with Gasteiger partial charge in [-0.3, -0.25) is 14.5 Å². The van der Waals surface area contributed by atoms with E-state index < -0.39 is 15.8 Å². The number of hydrogen-bond donors (Lipinski definition) is 2. The van der Waals surface area contributed by atoms with Crippen molar-refractivity contribution < 1.29 is 17.6 Å². The first-order valence-electron chi connectivity index (χ1n) is 8.45. The van der Waals surface area contributed by atoms with Gasteiger partial charge in [0.2, 0.25) is 0 Å². The van der Waals surface area contributed by atoms with E-state index in [-0.39, 0.29) is 16.8 Å². The Balaban J connectivity index is 1.67. The van der Waals surface area contributed by atoms with Gasteiger partial charge in [-0.1, -0.05) is 6.07 Å². The van der Waals surface area contributed by atoms with Gasteiger partial charge in [-0.15, -0.1) is 0 Å². The van der Waals surface area contributed by atoms with Crippen LogP contribution in [0.1, 0.15) is 29.0 Å². The number of carbonyl (C=O) groups excluding carboxylic acids is 1. The van der Waals surface area contributed by atoms with Crippen molar-refractivity contribution in [2.45, 2.75) is 17.9 Å². The number of pyridine rings is 1. The maximum Gasteiger partial charge on any atom is 0.261 e. The number of amides is 1. The third kappa shape index (κ3) is 4.72. The quantitative estimate of drug-likeness (QED) is 0.664. The fourth-order valence-corrected chi connectivity index (χ4v) is 3.56. The molecule has 0 saturated carbocycles. The summed E-state index contributed by atoms with van der Waals surface area (Å²) in [5.74, 6) is -0.819. The first-order chi connectivity index (χ1) is 13.3. The highest BCUT2D eigenvalue weighted by atomic mass is 32.2. The van der Waals surface area contributed by atoms with E-state index in [0.717, 1.165) is 17.8 Å². The Hall–Kier alpha value is -3.26. The molecule has 8 heteroatoms. The average Bonchev–Trinajstić information content (AvgIpc) is 2.69. The fraction of sp³-hybridized carbons (Fsp3) is 0.100. The molecule has 2 N–H and O–H groups in total. The Labute approximate surface area is 162 Å². The summed E-state index contributed by atoms with van der Waals surface area (Å²) < 4.78 is 40.0. The monoisotopic (exact) mass is 399 g/mol. The van der Waals surface area contributed by atoms with Crippen molar-refractivity contribution in [1.82, 2.24) is 10.3 Å². The van der Waals surface area contributed by atoms with Crippen LogP contribution < -0.4 is 10.0 Å². The zero-order chi connectivity index (χ0) is 20.1. The van der Waals surface area contributed by atoms with Crippen LogP contribution in [-0.2, 0) is 10.0 Å². The van der Waals surface area contributed by atoms with Crippen LogP contribution in [0.3, 0.4) is 0 Å². The number of halogens is 1. The van der Waals surface area contributed by atoms with E-state index >= 15 is 0 Å². The van der Waals surface area contributed by atoms with Gasteiger partial charge in [-0.05, 0) is 67.6 Å². The van der Waals surface area contributed by atoms with Crippen molar-refractivity contribution in [2.75, 3.05) is 4.72 Å². The largest absolute Gasteiger partial charge is 0.344 e. The van der Waals surface area contributed by atoms with Crippen molar-refractivity contribution in [2.24, 2.45) is 0 Å². The second kappa shape index (κ2) is 8.18. The van der Waals surface area contributed by atoms with Gasteiger partial charge in [-0.25, -0.2) is 12.8 Å². The lowest BCUT2D eigenvalue weighted by molar-refractivity contribution is 0.0939. The number of carbonyl (C=O) groups is 1. The lowest BCUT2D eigenvalue weighted by Gasteiger charge is -2.13. The predicted molar refractivity (Wildman–Crippen MR) is 104 cm³/mol. The van der Waals surface area contributed by atoms with Crippen molar-refractivity contribution in [3.8, 4) is 0 Å². The lowest BCUT2D eigenvalue weighted by Crippen LogP contribution is -2.27. The van der Waals surface area contributed by atoms with Crippen LogP contribution in [0.5, 0.6) is 0 Å². The highest BCUT2D eigenvalue weighted by molar-refractivity contribution is 7.92. The highest BCUT2D eigenvalue weighted by Crippen LogP contribution is 2.18. The number of anilines is 1. The number of hydrogen-bond acceptors (Lipinski definition) is 4. The molecule has 0 aliphatic carbocycles. The number of nitrogens with one attached hydrogen (secondary N) is 2. The van der Waals surface area contributed by atoms with Crippen LogP contribution in [0, 0.1) is 5.82 Å². The summed E-state index contributed by atoms with van der Waals surface area (Å²) in [5.41, 5.74) is 1.41. The maximum absolute atomic E-state index is 13.0. The molecule has 2 aromatic carbocycles.